The summed E-state index contributed by atoms with van der Waals surface area (Å²) < 4.78 is 31.4. The van der Waals surface area contributed by atoms with E-state index in [0.29, 0.717) is 52.8 Å². The highest BCUT2D eigenvalue weighted by Gasteiger charge is 2.26. The van der Waals surface area contributed by atoms with Gasteiger partial charge in [0.25, 0.3) is 0 Å². The summed E-state index contributed by atoms with van der Waals surface area (Å²) in [5.41, 5.74) is 22.7. The Bertz CT molecular complexity index is 9310. The molecule has 0 aliphatic carbocycles. The van der Waals surface area contributed by atoms with Gasteiger partial charge in [0, 0.05) is 109 Å². The van der Waals surface area contributed by atoms with Gasteiger partial charge in [0.1, 0.15) is 44.7 Å². The van der Waals surface area contributed by atoms with E-state index in [1.165, 1.54) is 11.1 Å². The molecular weight excluding hydrogens is 1640 g/mol. The smallest absolute Gasteiger partial charge is 0.238 e. The highest BCUT2D eigenvalue weighted by Crippen LogP contribution is 2.43. The zero-order valence-electron chi connectivity index (χ0n) is 70.9. The number of benzene rings is 18. The van der Waals surface area contributed by atoms with Gasteiger partial charge in [0.15, 0.2) is 34.9 Å². The van der Waals surface area contributed by atoms with Crippen LogP contribution < -0.4 is 0 Å². The Morgan fingerprint density at radius 1 is 0.128 bits per heavy atom. The first kappa shape index (κ1) is 75.9. The van der Waals surface area contributed by atoms with Gasteiger partial charge in [0.05, 0.1) is 33.1 Å². The molecule has 0 saturated carbocycles. The number of para-hydroxylation sites is 8. The largest absolute Gasteiger partial charge is 0.456 e. The average molecular weight is 1710 g/mol. The molecule has 0 fully saturated rings. The number of aromatic nitrogens is 12. The van der Waals surface area contributed by atoms with Crippen LogP contribution in [0.1, 0.15) is 0 Å². The molecule has 28 rings (SSSR count). The van der Waals surface area contributed by atoms with Gasteiger partial charge in [-0.25, -0.2) is 15.0 Å². The van der Waals surface area contributed by atoms with Crippen molar-refractivity contribution < 1.29 is 17.7 Å². The molecule has 16 nitrogen and oxygen atoms in total. The Kier molecular flexibility index (Phi) is 17.8. The summed E-state index contributed by atoms with van der Waals surface area (Å²) in [4.78, 5) is 45.6. The van der Waals surface area contributed by atoms with E-state index in [-0.39, 0.29) is 0 Å². The molecule has 18 aromatic carbocycles. The van der Waals surface area contributed by atoms with Gasteiger partial charge in [-0.3, -0.25) is 13.7 Å². The van der Waals surface area contributed by atoms with Crippen LogP contribution in [0.4, 0.5) is 0 Å². The molecule has 0 N–H and O–H groups in total. The molecule has 622 valence electrons. The normalized spacial score (nSPS) is 11.8. The van der Waals surface area contributed by atoms with E-state index in [0.717, 1.165) is 198 Å². The van der Waals surface area contributed by atoms with Crippen molar-refractivity contribution in [3.05, 3.63) is 425 Å². The molecule has 0 aliphatic rings. The number of nitrogens with zero attached hydrogens (tertiary/aromatic N) is 12. The number of furan rings is 4. The second kappa shape index (κ2) is 31.3. The van der Waals surface area contributed by atoms with Crippen molar-refractivity contribution in [1.29, 1.82) is 0 Å². The van der Waals surface area contributed by atoms with Crippen molar-refractivity contribution in [2.75, 3.05) is 0 Å². The number of fused-ring (bicyclic) bond motifs is 21. The first-order chi connectivity index (χ1) is 65.9. The molecule has 0 bridgehead atoms. The van der Waals surface area contributed by atoms with Crippen LogP contribution in [0.5, 0.6) is 0 Å². The molecule has 133 heavy (non-hydrogen) atoms. The molecule has 0 amide bonds. The summed E-state index contributed by atoms with van der Waals surface area (Å²) in [5, 5.41) is 15.5. The summed E-state index contributed by atoms with van der Waals surface area (Å²) in [6.07, 6.45) is 0. The van der Waals surface area contributed by atoms with Crippen LogP contribution in [-0.4, -0.2) is 58.6 Å². The van der Waals surface area contributed by atoms with Crippen LogP contribution >= 0.6 is 0 Å². The quantitative estimate of drug-likeness (QED) is 0.119. The topological polar surface area (TPSA) is 183 Å². The van der Waals surface area contributed by atoms with Crippen molar-refractivity contribution in [2.24, 2.45) is 0 Å². The van der Waals surface area contributed by atoms with E-state index in [1.54, 1.807) is 0 Å². The summed E-state index contributed by atoms with van der Waals surface area (Å²) in [7, 11) is 0. The molecule has 16 heteroatoms. The highest BCUT2D eigenvalue weighted by molar-refractivity contribution is 6.14. The fourth-order valence-electron chi connectivity index (χ4n) is 18.9. The number of hydrogen-bond acceptors (Lipinski definition) is 13. The molecule has 10 heterocycles. The first-order valence-electron chi connectivity index (χ1n) is 44.1. The fraction of sp³-hybridized carbons (Fsp3) is 0. The highest BCUT2D eigenvalue weighted by atomic mass is 16.3. The predicted octanol–water partition coefficient (Wildman–Crippen LogP) is 29.8. The van der Waals surface area contributed by atoms with Crippen molar-refractivity contribution in [3.8, 4) is 108 Å². The molecule has 28 aromatic rings. The minimum Gasteiger partial charge on any atom is -0.456 e. The van der Waals surface area contributed by atoms with E-state index in [4.69, 9.17) is 62.5 Å². The molecule has 0 saturated heterocycles. The maximum absolute atomic E-state index is 6.24. The molecule has 0 spiro atoms. The van der Waals surface area contributed by atoms with Gasteiger partial charge >= 0.3 is 0 Å². The Morgan fingerprint density at radius 3 is 0.677 bits per heavy atom. The van der Waals surface area contributed by atoms with E-state index in [2.05, 4.69) is 256 Å². The number of hydrogen-bond donors (Lipinski definition) is 0. The average Bonchev–Trinajstić information content (AvgIpc) is 1.59. The molecule has 0 aliphatic heterocycles. The second-order valence-electron chi connectivity index (χ2n) is 33.1. The van der Waals surface area contributed by atoms with Crippen LogP contribution in [0.15, 0.2) is 442 Å². The minimum atomic E-state index is 0.543. The lowest BCUT2D eigenvalue weighted by molar-refractivity contribution is 0.668. The van der Waals surface area contributed by atoms with Crippen LogP contribution in [0.2, 0.25) is 0 Å². The summed E-state index contributed by atoms with van der Waals surface area (Å²) in [6.45, 7) is 0. The Balaban J connectivity index is 0.000000104. The maximum Gasteiger partial charge on any atom is 0.238 e. The third kappa shape index (κ3) is 13.2. The van der Waals surface area contributed by atoms with Crippen molar-refractivity contribution >= 4 is 153 Å². The molecule has 10 aromatic heterocycles. The second-order valence-corrected chi connectivity index (χ2v) is 33.1. The summed E-state index contributed by atoms with van der Waals surface area (Å²) in [6, 6.07) is 145. The van der Waals surface area contributed by atoms with E-state index < -0.39 is 0 Å². The minimum absolute atomic E-state index is 0.543. The maximum atomic E-state index is 6.24. The first-order valence-corrected chi connectivity index (χ1v) is 44.1. The molecule has 0 unspecified atom stereocenters. The summed E-state index contributed by atoms with van der Waals surface area (Å²) in [5.74, 6) is 5.19. The molecular formula is C117H70N12O4. The lowest BCUT2D eigenvalue weighted by Crippen LogP contribution is -2.06. The zero-order valence-corrected chi connectivity index (χ0v) is 70.9. The van der Waals surface area contributed by atoms with Crippen LogP contribution in [0.3, 0.4) is 0 Å². The van der Waals surface area contributed by atoms with Gasteiger partial charge in [-0.1, -0.05) is 309 Å². The standard InChI is InChI=1S/C39H22N4O2.2C39H24N4O/c1-5-13-31-25(9-1)26-10-2-6-14-32(26)43(31)39-41-37(23-17-19-29-27-11-3-7-15-33(27)44-35(29)21-23)40-38(42-39)24-18-20-30-28-12-4-8-16-34(28)45-36(30)22-24;1-3-11-25(12-4-1)27-20-22-34-32(23-27)29-15-7-9-17-33(29)43(34)39-41-37(26-13-5-2-6-14-26)40-38(42-39)28-19-21-31-30-16-8-10-18-35(30)44-36(31)24-28;1-3-11-25(12-4-1)27-19-21-30-29-15-7-9-17-33(29)43(34(30)23-27)39-41-37(26-13-5-2-6-14-26)40-38(42-39)28-20-22-32-31-16-8-10-18-35(31)44-36(32)24-28/h1-22H;2*1-24H. The van der Waals surface area contributed by atoms with Gasteiger partial charge in [-0.15, -0.1) is 0 Å². The van der Waals surface area contributed by atoms with E-state index >= 15 is 0 Å². The van der Waals surface area contributed by atoms with Gasteiger partial charge in [0.2, 0.25) is 17.8 Å². The Labute approximate surface area is 757 Å². The zero-order chi connectivity index (χ0) is 87.6. The predicted molar refractivity (Wildman–Crippen MR) is 535 cm³/mol. The number of rotatable bonds is 11. The van der Waals surface area contributed by atoms with Crippen LogP contribution in [0, 0.1) is 0 Å². The SMILES string of the molecule is c1ccc(-c2ccc3c(c2)c2ccccc2n3-c2nc(-c3ccccc3)nc(-c3ccc4c(c3)oc3ccccc34)n2)cc1.c1ccc(-c2ccc3c4ccccc4n(-c4nc(-c5ccccc5)nc(-c5ccc6c(c5)oc5ccccc56)n4)c3c2)cc1.c1ccc2c(c1)oc1cc(-c3nc(-c4ccc5c(c4)oc4ccccc45)nc(-n4c5ccccc5c5ccccc54)n3)ccc12. The lowest BCUT2D eigenvalue weighted by Gasteiger charge is -2.11. The summed E-state index contributed by atoms with van der Waals surface area (Å²) >= 11 is 0. The third-order valence-corrected chi connectivity index (χ3v) is 25.2. The van der Waals surface area contributed by atoms with Crippen molar-refractivity contribution in [2.45, 2.75) is 0 Å². The fourth-order valence-corrected chi connectivity index (χ4v) is 18.9. The van der Waals surface area contributed by atoms with E-state index in [1.807, 2.05) is 182 Å². The Morgan fingerprint density at radius 2 is 0.346 bits per heavy atom. The van der Waals surface area contributed by atoms with Crippen molar-refractivity contribution in [3.63, 3.8) is 0 Å². The lowest BCUT2D eigenvalue weighted by atomic mass is 10.0. The van der Waals surface area contributed by atoms with E-state index in [9.17, 15) is 0 Å². The van der Waals surface area contributed by atoms with Crippen molar-refractivity contribution in [1.82, 2.24) is 58.6 Å². The van der Waals surface area contributed by atoms with Crippen LogP contribution in [-0.2, 0) is 0 Å². The van der Waals surface area contributed by atoms with Gasteiger partial charge in [-0.05, 0) is 138 Å². The van der Waals surface area contributed by atoms with Gasteiger partial charge in [-0.2, -0.15) is 29.9 Å². The van der Waals surface area contributed by atoms with Crippen LogP contribution in [0.25, 0.3) is 262 Å². The third-order valence-electron chi connectivity index (χ3n) is 25.2. The Hall–Kier alpha value is -18.4. The molecule has 0 radical (unpaired) electrons. The monoisotopic (exact) mass is 1710 g/mol. The van der Waals surface area contributed by atoms with Gasteiger partial charge < -0.3 is 17.7 Å². The molecule has 0 atom stereocenters.